The van der Waals surface area contributed by atoms with Crippen LogP contribution in [0.4, 0.5) is 5.95 Å². The van der Waals surface area contributed by atoms with Gasteiger partial charge in [-0.25, -0.2) is 9.66 Å². The highest BCUT2D eigenvalue weighted by molar-refractivity contribution is 6.08. The molecule has 7 heteroatoms. The third-order valence-electron chi connectivity index (χ3n) is 3.36. The maximum absolute atomic E-state index is 8.83. The van der Waals surface area contributed by atoms with Crippen molar-refractivity contribution in [3.8, 4) is 0 Å². The molecule has 0 unspecified atom stereocenters. The average molecular weight is 270 g/mol. The molecule has 0 fully saturated rings. The Balaban J connectivity index is 2.08. The summed E-state index contributed by atoms with van der Waals surface area (Å²) < 4.78 is 1.54. The number of hydrogen-bond acceptors (Lipinski definition) is 5. The highest BCUT2D eigenvalue weighted by atomic mass is 16.4. The number of imidazole rings is 1. The van der Waals surface area contributed by atoms with Gasteiger partial charge < -0.3 is 16.7 Å². The van der Waals surface area contributed by atoms with Crippen molar-refractivity contribution < 1.29 is 5.21 Å². The molecule has 0 saturated carbocycles. The van der Waals surface area contributed by atoms with Crippen molar-refractivity contribution >= 4 is 17.5 Å². The van der Waals surface area contributed by atoms with Crippen molar-refractivity contribution in [1.29, 1.82) is 0 Å². The zero-order valence-corrected chi connectivity index (χ0v) is 10.7. The molecule has 0 atom stereocenters. The third-order valence-corrected chi connectivity index (χ3v) is 3.36. The summed E-state index contributed by atoms with van der Waals surface area (Å²) in [6, 6.07) is 5.68. The minimum atomic E-state index is 0.116. The highest BCUT2D eigenvalue weighted by Crippen LogP contribution is 2.26. The summed E-state index contributed by atoms with van der Waals surface area (Å²) in [6.45, 7) is 0. The van der Waals surface area contributed by atoms with Crippen LogP contribution in [0.1, 0.15) is 23.1 Å². The van der Waals surface area contributed by atoms with Crippen LogP contribution in [0.25, 0.3) is 0 Å². The first-order valence-electron chi connectivity index (χ1n) is 6.17. The van der Waals surface area contributed by atoms with Crippen LogP contribution in [0.2, 0.25) is 0 Å². The van der Waals surface area contributed by atoms with Gasteiger partial charge in [0.1, 0.15) is 0 Å². The minimum absolute atomic E-state index is 0.116. The van der Waals surface area contributed by atoms with E-state index in [9.17, 15) is 0 Å². The standard InChI is InChI=1S/C13H14N6O/c14-12(18-20)10-3-1-2-9-8(10)4-5-11(9)17-19-7-6-16-13(19)15/h1-3,6-7,20H,4-5H2,(H2,14,18)(H2,15,16). The van der Waals surface area contributed by atoms with E-state index in [1.165, 1.54) is 0 Å². The number of benzene rings is 1. The second kappa shape index (κ2) is 4.69. The van der Waals surface area contributed by atoms with Crippen LogP contribution in [0.3, 0.4) is 0 Å². The lowest BCUT2D eigenvalue weighted by Crippen LogP contribution is -2.15. The molecular formula is C13H14N6O. The summed E-state index contributed by atoms with van der Waals surface area (Å²) in [5.74, 6) is 0.462. The van der Waals surface area contributed by atoms with Crippen LogP contribution >= 0.6 is 0 Å². The van der Waals surface area contributed by atoms with E-state index in [1.807, 2.05) is 18.2 Å². The van der Waals surface area contributed by atoms with E-state index >= 15 is 0 Å². The molecule has 0 bridgehead atoms. The molecule has 0 amide bonds. The first kappa shape index (κ1) is 12.2. The Morgan fingerprint density at radius 1 is 1.35 bits per heavy atom. The predicted molar refractivity (Wildman–Crippen MR) is 75.8 cm³/mol. The van der Waals surface area contributed by atoms with Gasteiger partial charge in [-0.05, 0) is 18.4 Å². The Morgan fingerprint density at radius 3 is 2.90 bits per heavy atom. The summed E-state index contributed by atoms with van der Waals surface area (Å²) in [4.78, 5) is 3.94. The van der Waals surface area contributed by atoms with Gasteiger partial charge in [-0.2, -0.15) is 5.10 Å². The van der Waals surface area contributed by atoms with Gasteiger partial charge in [-0.1, -0.05) is 23.4 Å². The van der Waals surface area contributed by atoms with Gasteiger partial charge in [-0.15, -0.1) is 0 Å². The van der Waals surface area contributed by atoms with E-state index in [4.69, 9.17) is 16.7 Å². The van der Waals surface area contributed by atoms with E-state index in [1.54, 1.807) is 17.1 Å². The smallest absolute Gasteiger partial charge is 0.221 e. The lowest BCUT2D eigenvalue weighted by Gasteiger charge is -2.06. The molecular weight excluding hydrogens is 256 g/mol. The summed E-state index contributed by atoms with van der Waals surface area (Å²) in [7, 11) is 0. The fraction of sp³-hybridized carbons (Fsp3) is 0.154. The van der Waals surface area contributed by atoms with Crippen LogP contribution in [0.5, 0.6) is 0 Å². The van der Waals surface area contributed by atoms with E-state index < -0.39 is 0 Å². The Hall–Kier alpha value is -2.83. The normalized spacial score (nSPS) is 16.6. The molecule has 1 aromatic heterocycles. The molecule has 0 aliphatic heterocycles. The van der Waals surface area contributed by atoms with Crippen LogP contribution in [-0.4, -0.2) is 26.4 Å². The molecule has 2 aromatic rings. The predicted octanol–water partition coefficient (Wildman–Crippen LogP) is 0.758. The Morgan fingerprint density at radius 2 is 2.20 bits per heavy atom. The second-order valence-corrected chi connectivity index (χ2v) is 4.49. The fourth-order valence-electron chi connectivity index (χ4n) is 2.43. The average Bonchev–Trinajstić information content (AvgIpc) is 3.06. The minimum Gasteiger partial charge on any atom is -0.409 e. The van der Waals surface area contributed by atoms with Gasteiger partial charge in [0.2, 0.25) is 5.95 Å². The second-order valence-electron chi connectivity index (χ2n) is 4.49. The van der Waals surface area contributed by atoms with Gasteiger partial charge in [-0.3, -0.25) is 0 Å². The van der Waals surface area contributed by atoms with Crippen LogP contribution in [0.15, 0.2) is 40.8 Å². The number of fused-ring (bicyclic) bond motifs is 1. The number of anilines is 1. The lowest BCUT2D eigenvalue weighted by molar-refractivity contribution is 0.318. The summed E-state index contributed by atoms with van der Waals surface area (Å²) in [5.41, 5.74) is 15.1. The van der Waals surface area contributed by atoms with Crippen LogP contribution < -0.4 is 11.5 Å². The number of nitrogens with two attached hydrogens (primary N) is 2. The molecule has 1 aromatic carbocycles. The highest BCUT2D eigenvalue weighted by Gasteiger charge is 2.22. The molecule has 1 aliphatic carbocycles. The number of aromatic nitrogens is 2. The monoisotopic (exact) mass is 270 g/mol. The summed E-state index contributed by atoms with van der Waals surface area (Å²) >= 11 is 0. The number of amidine groups is 1. The topological polar surface area (TPSA) is 115 Å². The molecule has 102 valence electrons. The number of rotatable bonds is 2. The lowest BCUT2D eigenvalue weighted by atomic mass is 10.0. The van der Waals surface area contributed by atoms with E-state index in [2.05, 4.69) is 15.2 Å². The maximum atomic E-state index is 8.83. The molecule has 0 spiro atoms. The Labute approximate surface area is 115 Å². The van der Waals surface area contributed by atoms with E-state index in [0.717, 1.165) is 35.2 Å². The maximum Gasteiger partial charge on any atom is 0.221 e. The quantitative estimate of drug-likeness (QED) is 0.323. The van der Waals surface area contributed by atoms with Crippen LogP contribution in [0, 0.1) is 0 Å². The molecule has 7 nitrogen and oxygen atoms in total. The van der Waals surface area contributed by atoms with Crippen molar-refractivity contribution in [3.63, 3.8) is 0 Å². The Bertz CT molecular complexity index is 715. The molecule has 0 saturated heterocycles. The number of hydrogen-bond donors (Lipinski definition) is 3. The van der Waals surface area contributed by atoms with E-state index in [0.29, 0.717) is 5.95 Å². The van der Waals surface area contributed by atoms with Crippen molar-refractivity contribution in [2.75, 3.05) is 5.73 Å². The van der Waals surface area contributed by atoms with Crippen LogP contribution in [-0.2, 0) is 6.42 Å². The number of oxime groups is 1. The molecule has 1 heterocycles. The van der Waals surface area contributed by atoms with Gasteiger partial charge in [0.05, 0.1) is 11.9 Å². The molecule has 3 rings (SSSR count). The molecule has 5 N–H and O–H groups in total. The van der Waals surface area contributed by atoms with Gasteiger partial charge in [0, 0.05) is 17.3 Å². The van der Waals surface area contributed by atoms with Gasteiger partial charge in [0.25, 0.3) is 0 Å². The number of nitrogens with zero attached hydrogens (tertiary/aromatic N) is 4. The fourth-order valence-corrected chi connectivity index (χ4v) is 2.43. The van der Waals surface area contributed by atoms with Crippen molar-refractivity contribution in [3.05, 3.63) is 47.3 Å². The SMILES string of the molecule is NC(=NO)c1cccc2c1CCC2=Nn1ccnc1N. The van der Waals surface area contributed by atoms with Gasteiger partial charge >= 0.3 is 0 Å². The molecule has 20 heavy (non-hydrogen) atoms. The van der Waals surface area contributed by atoms with Crippen molar-refractivity contribution in [2.45, 2.75) is 12.8 Å². The molecule has 0 radical (unpaired) electrons. The van der Waals surface area contributed by atoms with Gasteiger partial charge in [0.15, 0.2) is 5.84 Å². The molecule has 1 aliphatic rings. The largest absolute Gasteiger partial charge is 0.409 e. The summed E-state index contributed by atoms with van der Waals surface area (Å²) in [6.07, 6.45) is 4.88. The van der Waals surface area contributed by atoms with Crippen molar-refractivity contribution in [1.82, 2.24) is 9.66 Å². The first-order valence-corrected chi connectivity index (χ1v) is 6.17. The Kier molecular flexibility index (Phi) is 2.86. The number of nitrogen functional groups attached to an aromatic ring is 1. The zero-order valence-electron chi connectivity index (χ0n) is 10.7. The first-order chi connectivity index (χ1) is 9.70. The summed E-state index contributed by atoms with van der Waals surface area (Å²) in [5, 5.41) is 16.4. The van der Waals surface area contributed by atoms with Crippen molar-refractivity contribution in [2.24, 2.45) is 16.0 Å². The van der Waals surface area contributed by atoms with E-state index in [-0.39, 0.29) is 5.84 Å². The third kappa shape index (κ3) is 1.89. The zero-order chi connectivity index (χ0) is 14.1.